The number of H-pyrrole nitrogens is 1. The summed E-state index contributed by atoms with van der Waals surface area (Å²) < 4.78 is 67.1. The predicted molar refractivity (Wildman–Crippen MR) is 99.7 cm³/mol. The van der Waals surface area contributed by atoms with E-state index in [4.69, 9.17) is 25.2 Å². The molecular weight excluding hydrogens is 522 g/mol. The number of alkyl halides is 1. The Labute approximate surface area is 180 Å². The van der Waals surface area contributed by atoms with Gasteiger partial charge in [0.2, 0.25) is 5.95 Å². The number of nitrogens with two attached hydrogens (primary N) is 1. The standard InChI is InChI=1S/C11H15FN5O13P3/c12-5-8(17-3-14-4-6(17)15-9(13)16-7(4)18)28-10(1-11(5,10)19)2-27-32(23,24)30-33(25,26)29-31(20,21)22/h3,5,8,19H,1-2H2,(H,23,24)(H,25,26)(H2,20,21,22)(H3,13,15,16,18)/t5-,8+,10+,11-/m0/s1. The zero-order valence-corrected chi connectivity index (χ0v) is 18.5. The van der Waals surface area contributed by atoms with Gasteiger partial charge in [-0.15, -0.1) is 0 Å². The van der Waals surface area contributed by atoms with E-state index in [-0.39, 0.29) is 17.1 Å². The minimum Gasteiger partial charge on any atom is -0.383 e. The smallest absolute Gasteiger partial charge is 0.383 e. The molecule has 3 heterocycles. The summed E-state index contributed by atoms with van der Waals surface area (Å²) in [5.74, 6) is -0.311. The van der Waals surface area contributed by atoms with Crippen molar-refractivity contribution in [3.63, 3.8) is 0 Å². The van der Waals surface area contributed by atoms with Crippen LogP contribution in [-0.4, -0.2) is 68.2 Å². The molecule has 0 bridgehead atoms. The molecule has 2 fully saturated rings. The van der Waals surface area contributed by atoms with Crippen LogP contribution in [0.25, 0.3) is 11.2 Å². The molecule has 18 nitrogen and oxygen atoms in total. The summed E-state index contributed by atoms with van der Waals surface area (Å²) in [4.78, 5) is 57.5. The lowest BCUT2D eigenvalue weighted by molar-refractivity contribution is -0.0743. The Morgan fingerprint density at radius 3 is 2.58 bits per heavy atom. The SMILES string of the molecule is Nc1nc2c(ncn2[C@@H]2O[C@@]3(COP(=O)(O)OP(=O)(O)OP(=O)(O)O)C[C@]3(O)[C@H]2F)c(=O)[nH]1. The monoisotopic (exact) mass is 537 g/mol. The Kier molecular flexibility index (Phi) is 5.54. The molecule has 2 aromatic heterocycles. The topological polar surface area (TPSA) is 279 Å². The first kappa shape index (κ1) is 24.5. The van der Waals surface area contributed by atoms with Crippen molar-refractivity contribution in [3.05, 3.63) is 16.7 Å². The minimum atomic E-state index is -5.77. The number of hydrogen-bond acceptors (Lipinski definition) is 12. The molecule has 2 unspecified atom stereocenters. The Morgan fingerprint density at radius 2 is 1.94 bits per heavy atom. The number of fused-ring (bicyclic) bond motifs is 2. The summed E-state index contributed by atoms with van der Waals surface area (Å²) in [7, 11) is -16.9. The average molecular weight is 537 g/mol. The van der Waals surface area contributed by atoms with Crippen molar-refractivity contribution >= 4 is 40.6 Å². The van der Waals surface area contributed by atoms with Gasteiger partial charge in [-0.2, -0.15) is 13.6 Å². The van der Waals surface area contributed by atoms with Crippen molar-refractivity contribution < 1.29 is 60.6 Å². The number of nitrogen functional groups attached to an aromatic ring is 1. The van der Waals surface area contributed by atoms with Crippen LogP contribution in [0.15, 0.2) is 11.1 Å². The van der Waals surface area contributed by atoms with Crippen molar-refractivity contribution in [2.75, 3.05) is 12.3 Å². The van der Waals surface area contributed by atoms with E-state index in [0.717, 1.165) is 10.9 Å². The number of ether oxygens (including phenoxy) is 1. The van der Waals surface area contributed by atoms with Gasteiger partial charge in [0.1, 0.15) is 11.2 Å². The molecule has 0 aromatic carbocycles. The summed E-state index contributed by atoms with van der Waals surface area (Å²) >= 11 is 0. The Morgan fingerprint density at radius 1 is 1.27 bits per heavy atom. The van der Waals surface area contributed by atoms with Crippen LogP contribution in [0.4, 0.5) is 10.3 Å². The number of halogens is 1. The maximum Gasteiger partial charge on any atom is 0.490 e. The zero-order chi connectivity index (χ0) is 24.6. The highest BCUT2D eigenvalue weighted by Gasteiger charge is 2.81. The second-order valence-electron chi connectivity index (χ2n) is 7.15. The van der Waals surface area contributed by atoms with Gasteiger partial charge in [0.05, 0.1) is 12.9 Å². The van der Waals surface area contributed by atoms with E-state index in [2.05, 4.69) is 28.1 Å². The predicted octanol–water partition coefficient (Wildman–Crippen LogP) is -1.21. The van der Waals surface area contributed by atoms with Gasteiger partial charge in [0.25, 0.3) is 5.56 Å². The molecule has 6 atom stereocenters. The molecule has 8 N–H and O–H groups in total. The number of nitrogens with one attached hydrogen (secondary N) is 1. The largest absolute Gasteiger partial charge is 0.490 e. The number of phosphoric ester groups is 1. The second-order valence-corrected chi connectivity index (χ2v) is 11.6. The van der Waals surface area contributed by atoms with Crippen LogP contribution in [0.3, 0.4) is 0 Å². The maximum atomic E-state index is 15.0. The fourth-order valence-electron chi connectivity index (χ4n) is 3.44. The highest BCUT2D eigenvalue weighted by molar-refractivity contribution is 7.66. The number of aliphatic hydroxyl groups is 1. The van der Waals surface area contributed by atoms with Crippen molar-refractivity contribution in [2.45, 2.75) is 30.0 Å². The van der Waals surface area contributed by atoms with Gasteiger partial charge in [-0.1, -0.05) is 0 Å². The fourth-order valence-corrected chi connectivity index (χ4v) is 6.50. The third-order valence-electron chi connectivity index (χ3n) is 4.87. The minimum absolute atomic E-state index is 0.183. The molecule has 1 saturated heterocycles. The lowest BCUT2D eigenvalue weighted by Crippen LogP contribution is -2.31. The Balaban J connectivity index is 1.52. The summed E-state index contributed by atoms with van der Waals surface area (Å²) in [6.45, 7) is -1.06. The van der Waals surface area contributed by atoms with Gasteiger partial charge in [0, 0.05) is 6.42 Å². The summed E-state index contributed by atoms with van der Waals surface area (Å²) in [5, 5.41) is 10.5. The van der Waals surface area contributed by atoms with Gasteiger partial charge in [-0.3, -0.25) is 18.9 Å². The number of imidazole rings is 1. The molecule has 33 heavy (non-hydrogen) atoms. The lowest BCUT2D eigenvalue weighted by atomic mass is 10.1. The van der Waals surface area contributed by atoms with Crippen LogP contribution < -0.4 is 11.3 Å². The first-order chi connectivity index (χ1) is 15.0. The van der Waals surface area contributed by atoms with E-state index in [1.165, 1.54) is 0 Å². The van der Waals surface area contributed by atoms with E-state index in [0.29, 0.717) is 0 Å². The first-order valence-corrected chi connectivity index (χ1v) is 13.0. The summed E-state index contributed by atoms with van der Waals surface area (Å²) in [5.41, 5.74) is 0.166. The molecule has 1 aliphatic heterocycles. The quantitative estimate of drug-likeness (QED) is 0.194. The van der Waals surface area contributed by atoms with Crippen LogP contribution in [-0.2, 0) is 31.6 Å². The van der Waals surface area contributed by atoms with Crippen LogP contribution >= 0.6 is 23.5 Å². The average Bonchev–Trinajstić information content (AvgIpc) is 2.90. The van der Waals surface area contributed by atoms with E-state index in [9.17, 15) is 28.5 Å². The van der Waals surface area contributed by atoms with Crippen molar-refractivity contribution in [1.29, 1.82) is 0 Å². The molecule has 2 aromatic rings. The molecule has 0 radical (unpaired) electrons. The first-order valence-electron chi connectivity index (χ1n) is 8.53. The number of hydrogen-bond donors (Lipinski definition) is 7. The Hall–Kier alpha value is -1.59. The molecule has 22 heteroatoms. The highest BCUT2D eigenvalue weighted by atomic mass is 31.3. The van der Waals surface area contributed by atoms with Crippen molar-refractivity contribution in [2.24, 2.45) is 0 Å². The van der Waals surface area contributed by atoms with Gasteiger partial charge < -0.3 is 35.2 Å². The van der Waals surface area contributed by atoms with E-state index in [1.54, 1.807) is 0 Å². The number of nitrogens with zero attached hydrogens (tertiary/aromatic N) is 3. The van der Waals surface area contributed by atoms with Crippen molar-refractivity contribution in [3.8, 4) is 0 Å². The third kappa shape index (κ3) is 4.43. The summed E-state index contributed by atoms with van der Waals surface area (Å²) in [6, 6.07) is 0. The fraction of sp³-hybridized carbons (Fsp3) is 0.545. The van der Waals surface area contributed by atoms with Crippen molar-refractivity contribution in [1.82, 2.24) is 19.5 Å². The maximum absolute atomic E-state index is 15.0. The van der Waals surface area contributed by atoms with Gasteiger partial charge in [0.15, 0.2) is 23.6 Å². The number of aromatic amines is 1. The summed E-state index contributed by atoms with van der Waals surface area (Å²) in [6.07, 6.45) is -3.25. The van der Waals surface area contributed by atoms with E-state index < -0.39 is 65.7 Å². The molecule has 1 aliphatic carbocycles. The number of rotatable bonds is 8. The lowest BCUT2D eigenvalue weighted by Gasteiger charge is -2.21. The molecule has 0 amide bonds. The van der Waals surface area contributed by atoms with Gasteiger partial charge in [-0.25, -0.2) is 23.1 Å². The van der Waals surface area contributed by atoms with Crippen LogP contribution in [0.1, 0.15) is 12.6 Å². The number of aromatic nitrogens is 4. The number of phosphoric acid groups is 3. The molecule has 1 saturated carbocycles. The zero-order valence-electron chi connectivity index (χ0n) is 15.8. The van der Waals surface area contributed by atoms with Crippen LogP contribution in [0, 0.1) is 0 Å². The molecule has 4 rings (SSSR count). The Bertz CT molecular complexity index is 1330. The highest BCUT2D eigenvalue weighted by Crippen LogP contribution is 2.69. The van der Waals surface area contributed by atoms with Crippen LogP contribution in [0.5, 0.6) is 0 Å². The van der Waals surface area contributed by atoms with Gasteiger partial charge >= 0.3 is 23.5 Å². The second kappa shape index (κ2) is 7.45. The molecular formula is C11H15FN5O13P3. The van der Waals surface area contributed by atoms with Crippen LogP contribution in [0.2, 0.25) is 0 Å². The number of anilines is 1. The normalized spacial score (nSPS) is 32.9. The van der Waals surface area contributed by atoms with Gasteiger partial charge in [-0.05, 0) is 0 Å². The molecule has 184 valence electrons. The molecule has 0 spiro atoms. The molecule has 2 aliphatic rings. The van der Waals surface area contributed by atoms with E-state index in [1.807, 2.05) is 0 Å². The van der Waals surface area contributed by atoms with E-state index >= 15 is 4.39 Å². The third-order valence-corrected chi connectivity index (χ3v) is 8.66.